The van der Waals surface area contributed by atoms with Crippen molar-refractivity contribution in [1.82, 2.24) is 15.3 Å². The first-order valence-electron chi connectivity index (χ1n) is 6.46. The molecule has 0 aliphatic rings. The molecular weight excluding hydrogens is 358 g/mol. The molecule has 2 N–H and O–H groups in total. The molecule has 21 heavy (non-hydrogen) atoms. The summed E-state index contributed by atoms with van der Waals surface area (Å²) in [5.74, 6) is 0.978. The average Bonchev–Trinajstić information content (AvgIpc) is 2.98. The van der Waals surface area contributed by atoms with Crippen LogP contribution in [0.1, 0.15) is 25.2 Å². The third-order valence-electron chi connectivity index (χ3n) is 2.85. The molecule has 0 bridgehead atoms. The number of halogens is 2. The molecule has 1 heterocycles. The number of imidazole rings is 1. The summed E-state index contributed by atoms with van der Waals surface area (Å²) in [4.78, 5) is 19.1. The highest BCUT2D eigenvalue weighted by Gasteiger charge is 2.15. The Balaban J connectivity index is 1.89. The van der Waals surface area contributed by atoms with Crippen LogP contribution < -0.4 is 10.1 Å². The SMILES string of the molecule is CCC(NC(=O)COc1ccc(Br)cc1Cl)c1ncc[nH]1. The van der Waals surface area contributed by atoms with Gasteiger partial charge in [-0.15, -0.1) is 0 Å². The van der Waals surface area contributed by atoms with Crippen molar-refractivity contribution in [1.29, 1.82) is 0 Å². The van der Waals surface area contributed by atoms with Gasteiger partial charge in [-0.3, -0.25) is 4.79 Å². The summed E-state index contributed by atoms with van der Waals surface area (Å²) in [6.45, 7) is 1.87. The fraction of sp³-hybridized carbons (Fsp3) is 0.286. The summed E-state index contributed by atoms with van der Waals surface area (Å²) in [5, 5.41) is 3.31. The van der Waals surface area contributed by atoms with Gasteiger partial charge < -0.3 is 15.0 Å². The van der Waals surface area contributed by atoms with Crippen LogP contribution in [0.2, 0.25) is 5.02 Å². The molecule has 5 nitrogen and oxygen atoms in total. The number of nitrogens with zero attached hydrogens (tertiary/aromatic N) is 1. The van der Waals surface area contributed by atoms with Gasteiger partial charge in [-0.05, 0) is 24.6 Å². The Kier molecular flexibility index (Phi) is 5.64. The van der Waals surface area contributed by atoms with E-state index in [4.69, 9.17) is 16.3 Å². The zero-order valence-electron chi connectivity index (χ0n) is 11.4. The number of hydrogen-bond donors (Lipinski definition) is 2. The van der Waals surface area contributed by atoms with Crippen LogP contribution in [-0.4, -0.2) is 22.5 Å². The molecule has 112 valence electrons. The van der Waals surface area contributed by atoms with Crippen LogP contribution >= 0.6 is 27.5 Å². The fourth-order valence-corrected chi connectivity index (χ4v) is 2.53. The first-order chi connectivity index (χ1) is 10.1. The second kappa shape index (κ2) is 7.47. The summed E-state index contributed by atoms with van der Waals surface area (Å²) in [6.07, 6.45) is 4.11. The van der Waals surface area contributed by atoms with E-state index in [1.807, 2.05) is 6.92 Å². The van der Waals surface area contributed by atoms with E-state index in [0.717, 1.165) is 16.7 Å². The third kappa shape index (κ3) is 4.47. The number of carbonyl (C=O) groups excluding carboxylic acids is 1. The number of benzene rings is 1. The summed E-state index contributed by atoms with van der Waals surface area (Å²) < 4.78 is 6.28. The quantitative estimate of drug-likeness (QED) is 0.816. The Labute approximate surface area is 136 Å². The molecule has 0 aliphatic heterocycles. The van der Waals surface area contributed by atoms with Crippen LogP contribution in [0, 0.1) is 0 Å². The van der Waals surface area contributed by atoms with Gasteiger partial charge >= 0.3 is 0 Å². The van der Waals surface area contributed by atoms with Gasteiger partial charge in [0.15, 0.2) is 6.61 Å². The number of ether oxygens (including phenoxy) is 1. The molecule has 2 rings (SSSR count). The van der Waals surface area contributed by atoms with Crippen LogP contribution in [0.15, 0.2) is 35.1 Å². The van der Waals surface area contributed by atoms with E-state index in [-0.39, 0.29) is 18.6 Å². The standard InChI is InChI=1S/C14H15BrClN3O2/c1-2-11(14-17-5-6-18-14)19-13(20)8-21-12-4-3-9(15)7-10(12)16/h3-7,11H,2,8H2,1H3,(H,17,18)(H,19,20). The van der Waals surface area contributed by atoms with E-state index in [2.05, 4.69) is 31.2 Å². The number of amides is 1. The van der Waals surface area contributed by atoms with Gasteiger partial charge in [0.25, 0.3) is 5.91 Å². The molecule has 0 spiro atoms. The first kappa shape index (κ1) is 15.9. The highest BCUT2D eigenvalue weighted by molar-refractivity contribution is 9.10. The van der Waals surface area contributed by atoms with Gasteiger partial charge in [0.2, 0.25) is 0 Å². The lowest BCUT2D eigenvalue weighted by atomic mass is 10.2. The average molecular weight is 373 g/mol. The molecule has 7 heteroatoms. The van der Waals surface area contributed by atoms with Crippen LogP contribution in [0.25, 0.3) is 0 Å². The second-order valence-electron chi connectivity index (χ2n) is 4.37. The van der Waals surface area contributed by atoms with Crippen molar-refractivity contribution in [3.63, 3.8) is 0 Å². The fourth-order valence-electron chi connectivity index (χ4n) is 1.80. The van der Waals surface area contributed by atoms with Gasteiger partial charge in [0.05, 0.1) is 11.1 Å². The highest BCUT2D eigenvalue weighted by Crippen LogP contribution is 2.27. The van der Waals surface area contributed by atoms with Crippen LogP contribution in [-0.2, 0) is 4.79 Å². The topological polar surface area (TPSA) is 67.0 Å². The molecule has 1 unspecified atom stereocenters. The lowest BCUT2D eigenvalue weighted by Gasteiger charge is -2.15. The van der Waals surface area contributed by atoms with Gasteiger partial charge in [0.1, 0.15) is 11.6 Å². The van der Waals surface area contributed by atoms with E-state index in [9.17, 15) is 4.79 Å². The monoisotopic (exact) mass is 371 g/mol. The molecule has 1 atom stereocenters. The minimum absolute atomic E-state index is 0.0986. The normalized spacial score (nSPS) is 12.0. The van der Waals surface area contributed by atoms with Crippen LogP contribution in [0.3, 0.4) is 0 Å². The summed E-state index contributed by atoms with van der Waals surface area (Å²) in [5.41, 5.74) is 0. The minimum atomic E-state index is -0.225. The molecule has 0 radical (unpaired) electrons. The van der Waals surface area contributed by atoms with Gasteiger partial charge in [-0.2, -0.15) is 0 Å². The Morgan fingerprint density at radius 3 is 3.00 bits per heavy atom. The number of H-pyrrole nitrogens is 1. The maximum Gasteiger partial charge on any atom is 0.258 e. The lowest BCUT2D eigenvalue weighted by Crippen LogP contribution is -2.33. The Morgan fingerprint density at radius 1 is 1.57 bits per heavy atom. The van der Waals surface area contributed by atoms with Gasteiger partial charge in [0, 0.05) is 16.9 Å². The van der Waals surface area contributed by atoms with Gasteiger partial charge in [-0.1, -0.05) is 34.5 Å². The van der Waals surface area contributed by atoms with Crippen molar-refractivity contribution in [2.24, 2.45) is 0 Å². The van der Waals surface area contributed by atoms with Crippen molar-refractivity contribution in [3.05, 3.63) is 45.9 Å². The Morgan fingerprint density at radius 2 is 2.38 bits per heavy atom. The first-order valence-corrected chi connectivity index (χ1v) is 7.63. The van der Waals surface area contributed by atoms with Gasteiger partial charge in [-0.25, -0.2) is 4.98 Å². The number of hydrogen-bond acceptors (Lipinski definition) is 3. The van der Waals surface area contributed by atoms with Crippen molar-refractivity contribution in [2.75, 3.05) is 6.61 Å². The molecule has 0 saturated heterocycles. The zero-order valence-corrected chi connectivity index (χ0v) is 13.7. The number of nitrogens with one attached hydrogen (secondary N) is 2. The van der Waals surface area contributed by atoms with Crippen LogP contribution in [0.5, 0.6) is 5.75 Å². The summed E-state index contributed by atoms with van der Waals surface area (Å²) >= 11 is 9.34. The van der Waals surface area contributed by atoms with E-state index in [1.165, 1.54) is 0 Å². The van der Waals surface area contributed by atoms with E-state index in [0.29, 0.717) is 10.8 Å². The molecule has 0 aliphatic carbocycles. The predicted molar refractivity (Wildman–Crippen MR) is 84.4 cm³/mol. The molecule has 1 amide bonds. The lowest BCUT2D eigenvalue weighted by molar-refractivity contribution is -0.123. The maximum absolute atomic E-state index is 11.9. The molecule has 1 aromatic carbocycles. The zero-order chi connectivity index (χ0) is 15.2. The van der Waals surface area contributed by atoms with Crippen molar-refractivity contribution < 1.29 is 9.53 Å². The summed E-state index contributed by atoms with van der Waals surface area (Å²) in [6, 6.07) is 5.07. The van der Waals surface area contributed by atoms with Crippen LogP contribution in [0.4, 0.5) is 0 Å². The molecule has 1 aromatic heterocycles. The number of aromatic amines is 1. The van der Waals surface area contributed by atoms with E-state index in [1.54, 1.807) is 30.6 Å². The number of rotatable bonds is 6. The predicted octanol–water partition coefficient (Wildman–Crippen LogP) is 3.47. The molecule has 0 saturated carbocycles. The molecule has 2 aromatic rings. The summed E-state index contributed by atoms with van der Waals surface area (Å²) in [7, 11) is 0. The maximum atomic E-state index is 11.9. The highest BCUT2D eigenvalue weighted by atomic mass is 79.9. The Hall–Kier alpha value is -1.53. The van der Waals surface area contributed by atoms with E-state index >= 15 is 0 Å². The molecular formula is C14H15BrClN3O2. The largest absolute Gasteiger partial charge is 0.482 e. The van der Waals surface area contributed by atoms with E-state index < -0.39 is 0 Å². The number of aromatic nitrogens is 2. The van der Waals surface area contributed by atoms with Crippen molar-refractivity contribution in [2.45, 2.75) is 19.4 Å². The van der Waals surface area contributed by atoms with Crippen molar-refractivity contribution in [3.8, 4) is 5.75 Å². The third-order valence-corrected chi connectivity index (χ3v) is 3.63. The second-order valence-corrected chi connectivity index (χ2v) is 5.69. The number of carbonyl (C=O) groups is 1. The molecule has 0 fully saturated rings. The Bertz CT molecular complexity index is 604. The van der Waals surface area contributed by atoms with Crippen molar-refractivity contribution >= 4 is 33.4 Å². The smallest absolute Gasteiger partial charge is 0.258 e. The minimum Gasteiger partial charge on any atom is -0.482 e.